The second-order valence-electron chi connectivity index (χ2n) is 6.53. The minimum absolute atomic E-state index is 0. The van der Waals surface area contributed by atoms with E-state index in [0.29, 0.717) is 12.1 Å². The highest BCUT2D eigenvalue weighted by Crippen LogP contribution is 2.36. The Morgan fingerprint density at radius 1 is 1.22 bits per heavy atom. The molecule has 27 heavy (non-hydrogen) atoms. The summed E-state index contributed by atoms with van der Waals surface area (Å²) in [6, 6.07) is 7.18. The molecule has 0 aromatic heterocycles. The van der Waals surface area contributed by atoms with Gasteiger partial charge in [-0.25, -0.2) is 0 Å². The third-order valence-electron chi connectivity index (χ3n) is 4.25. The van der Waals surface area contributed by atoms with E-state index in [0.717, 1.165) is 18.1 Å². The average molecular weight is 505 g/mol. The fourth-order valence-electron chi connectivity index (χ4n) is 2.70. The number of aliphatic imine (C=N–C) groups is 1. The van der Waals surface area contributed by atoms with Crippen LogP contribution in [0.5, 0.6) is 0 Å². The van der Waals surface area contributed by atoms with E-state index in [4.69, 9.17) is 5.73 Å². The second kappa shape index (κ2) is 11.4. The molecule has 7 nitrogen and oxygen atoms in total. The van der Waals surface area contributed by atoms with Gasteiger partial charge in [0, 0.05) is 30.4 Å². The van der Waals surface area contributed by atoms with Crippen LogP contribution in [0, 0.1) is 0 Å². The smallest absolute Gasteiger partial charge is 0.251 e. The van der Waals surface area contributed by atoms with Gasteiger partial charge in [-0.1, -0.05) is 12.1 Å². The number of carbonyl (C=O) groups excluding carboxylic acids is 2. The zero-order valence-electron chi connectivity index (χ0n) is 15.7. The molecule has 150 valence electrons. The van der Waals surface area contributed by atoms with E-state index >= 15 is 0 Å². The molecule has 1 atom stereocenters. The standard InChI is InChI=1S/C18H27N5O2S.HI/c1-18(8-3-9-26-18)12-23-17(20-2)22-10-13-4-6-14(7-5-13)16(25)21-11-15(19)24;/h4-7H,3,8-12H2,1-2H3,(H2,19,24)(H,21,25)(H2,20,22,23);1H. The van der Waals surface area contributed by atoms with Crippen molar-refractivity contribution >= 4 is 53.5 Å². The van der Waals surface area contributed by atoms with Gasteiger partial charge in [0.25, 0.3) is 5.91 Å². The molecule has 1 fully saturated rings. The normalized spacial score (nSPS) is 19.1. The molecule has 1 aromatic rings. The van der Waals surface area contributed by atoms with Gasteiger partial charge in [-0.15, -0.1) is 24.0 Å². The van der Waals surface area contributed by atoms with E-state index < -0.39 is 5.91 Å². The maximum atomic E-state index is 11.8. The van der Waals surface area contributed by atoms with Gasteiger partial charge >= 0.3 is 0 Å². The summed E-state index contributed by atoms with van der Waals surface area (Å²) in [6.45, 7) is 3.61. The summed E-state index contributed by atoms with van der Waals surface area (Å²) in [5.41, 5.74) is 6.53. The fourth-order valence-corrected chi connectivity index (χ4v) is 3.94. The first-order valence-corrected chi connectivity index (χ1v) is 9.64. The number of rotatable bonds is 7. The largest absolute Gasteiger partial charge is 0.368 e. The van der Waals surface area contributed by atoms with E-state index in [-0.39, 0.29) is 41.2 Å². The highest BCUT2D eigenvalue weighted by molar-refractivity contribution is 14.0. The van der Waals surface area contributed by atoms with Gasteiger partial charge in [0.2, 0.25) is 5.91 Å². The predicted molar refractivity (Wildman–Crippen MR) is 122 cm³/mol. The van der Waals surface area contributed by atoms with Crippen LogP contribution in [-0.4, -0.2) is 48.4 Å². The van der Waals surface area contributed by atoms with Crippen molar-refractivity contribution in [3.63, 3.8) is 0 Å². The minimum atomic E-state index is -0.567. The van der Waals surface area contributed by atoms with Crippen molar-refractivity contribution < 1.29 is 9.59 Å². The first-order chi connectivity index (χ1) is 12.4. The highest BCUT2D eigenvalue weighted by atomic mass is 127. The Balaban J connectivity index is 0.00000364. The molecule has 1 aromatic carbocycles. The van der Waals surface area contributed by atoms with Crippen molar-refractivity contribution in [2.45, 2.75) is 31.1 Å². The molecule has 2 amide bonds. The number of halogens is 1. The quantitative estimate of drug-likeness (QED) is 0.255. The van der Waals surface area contributed by atoms with Crippen molar-refractivity contribution in [2.24, 2.45) is 10.7 Å². The van der Waals surface area contributed by atoms with Crippen molar-refractivity contribution in [3.05, 3.63) is 35.4 Å². The van der Waals surface area contributed by atoms with Crippen molar-refractivity contribution in [1.29, 1.82) is 0 Å². The Hall–Kier alpha value is -1.49. The first-order valence-electron chi connectivity index (χ1n) is 8.66. The lowest BCUT2D eigenvalue weighted by Gasteiger charge is -2.24. The van der Waals surface area contributed by atoms with E-state index in [2.05, 4.69) is 27.9 Å². The lowest BCUT2D eigenvalue weighted by atomic mass is 10.1. The molecule has 1 aliphatic rings. The van der Waals surface area contributed by atoms with Gasteiger partial charge in [-0.05, 0) is 43.2 Å². The number of hydrogen-bond acceptors (Lipinski definition) is 4. The molecule has 2 rings (SSSR count). The van der Waals surface area contributed by atoms with Crippen LogP contribution >= 0.6 is 35.7 Å². The van der Waals surface area contributed by atoms with Crippen LogP contribution in [0.4, 0.5) is 0 Å². The Morgan fingerprint density at radius 2 is 1.93 bits per heavy atom. The van der Waals surface area contributed by atoms with Gasteiger partial charge in [0.05, 0.1) is 6.54 Å². The monoisotopic (exact) mass is 505 g/mol. The zero-order chi connectivity index (χ0) is 19.0. The molecule has 1 saturated heterocycles. The number of nitrogens with two attached hydrogens (primary N) is 1. The predicted octanol–water partition coefficient (Wildman–Crippen LogP) is 1.47. The van der Waals surface area contributed by atoms with Gasteiger partial charge in [-0.3, -0.25) is 14.6 Å². The average Bonchev–Trinajstić information content (AvgIpc) is 3.07. The van der Waals surface area contributed by atoms with Gasteiger partial charge in [-0.2, -0.15) is 11.8 Å². The summed E-state index contributed by atoms with van der Waals surface area (Å²) in [4.78, 5) is 26.8. The molecular weight excluding hydrogens is 477 g/mol. The summed E-state index contributed by atoms with van der Waals surface area (Å²) >= 11 is 2.01. The third-order valence-corrected chi connectivity index (χ3v) is 5.79. The topological polar surface area (TPSA) is 109 Å². The summed E-state index contributed by atoms with van der Waals surface area (Å²) in [5.74, 6) is 1.11. The van der Waals surface area contributed by atoms with Crippen LogP contribution < -0.4 is 21.7 Å². The van der Waals surface area contributed by atoms with Crippen LogP contribution in [0.2, 0.25) is 0 Å². The molecule has 9 heteroatoms. The summed E-state index contributed by atoms with van der Waals surface area (Å²) in [6.07, 6.45) is 2.50. The number of hydrogen-bond donors (Lipinski definition) is 4. The van der Waals surface area contributed by atoms with E-state index in [1.807, 2.05) is 23.9 Å². The summed E-state index contributed by atoms with van der Waals surface area (Å²) < 4.78 is 0.275. The number of benzene rings is 1. The van der Waals surface area contributed by atoms with Crippen LogP contribution in [0.15, 0.2) is 29.3 Å². The van der Waals surface area contributed by atoms with Gasteiger partial charge in [0.15, 0.2) is 5.96 Å². The number of amides is 2. The number of carbonyl (C=O) groups is 2. The van der Waals surface area contributed by atoms with Crippen LogP contribution in [0.1, 0.15) is 35.7 Å². The van der Waals surface area contributed by atoms with Crippen LogP contribution in [0.3, 0.4) is 0 Å². The minimum Gasteiger partial charge on any atom is -0.368 e. The van der Waals surface area contributed by atoms with E-state index in [9.17, 15) is 9.59 Å². The van der Waals surface area contributed by atoms with Crippen molar-refractivity contribution in [2.75, 3.05) is 25.9 Å². The summed E-state index contributed by atoms with van der Waals surface area (Å²) in [7, 11) is 1.76. The first kappa shape index (κ1) is 23.5. The lowest BCUT2D eigenvalue weighted by Crippen LogP contribution is -2.43. The molecule has 1 unspecified atom stereocenters. The second-order valence-corrected chi connectivity index (χ2v) is 8.21. The maximum absolute atomic E-state index is 11.8. The Morgan fingerprint density at radius 3 is 2.48 bits per heavy atom. The fraction of sp³-hybridized carbons (Fsp3) is 0.500. The Labute approximate surface area is 181 Å². The van der Waals surface area contributed by atoms with E-state index in [1.54, 1.807) is 19.2 Å². The lowest BCUT2D eigenvalue weighted by molar-refractivity contribution is -0.117. The number of guanidine groups is 1. The van der Waals surface area contributed by atoms with Crippen LogP contribution in [-0.2, 0) is 11.3 Å². The molecule has 0 saturated carbocycles. The molecule has 0 spiro atoms. The van der Waals surface area contributed by atoms with Gasteiger partial charge in [0.1, 0.15) is 0 Å². The van der Waals surface area contributed by atoms with Crippen molar-refractivity contribution in [1.82, 2.24) is 16.0 Å². The molecule has 0 bridgehead atoms. The number of primary amides is 1. The summed E-state index contributed by atoms with van der Waals surface area (Å²) in [5, 5.41) is 9.14. The van der Waals surface area contributed by atoms with Crippen LogP contribution in [0.25, 0.3) is 0 Å². The Kier molecular flexibility index (Phi) is 9.92. The number of nitrogens with zero attached hydrogens (tertiary/aromatic N) is 1. The molecular formula is C18H28IN5O2S. The van der Waals surface area contributed by atoms with Crippen molar-refractivity contribution in [3.8, 4) is 0 Å². The van der Waals surface area contributed by atoms with E-state index in [1.165, 1.54) is 18.6 Å². The third kappa shape index (κ3) is 7.96. The van der Waals surface area contributed by atoms with Gasteiger partial charge < -0.3 is 21.7 Å². The Bertz CT molecular complexity index is 660. The molecule has 1 aliphatic heterocycles. The molecule has 1 heterocycles. The maximum Gasteiger partial charge on any atom is 0.251 e. The zero-order valence-corrected chi connectivity index (χ0v) is 18.9. The molecule has 0 radical (unpaired) electrons. The highest BCUT2D eigenvalue weighted by Gasteiger charge is 2.29. The molecule has 0 aliphatic carbocycles. The SMILES string of the molecule is CN=C(NCc1ccc(C(=O)NCC(N)=O)cc1)NCC1(C)CCCS1.I. The molecule has 5 N–H and O–H groups in total. The number of thioether (sulfide) groups is 1. The number of nitrogens with one attached hydrogen (secondary N) is 3.